The van der Waals surface area contributed by atoms with Gasteiger partial charge in [0.05, 0.1) is 11.3 Å². The molecular weight excluding hydrogens is 520 g/mol. The van der Waals surface area contributed by atoms with E-state index in [2.05, 4.69) is 27.8 Å². The standard InChI is InChI=1S/C31H30N6O4/c1-4-20-9-15-26(36-19-32-34-35-36)22(17-20)12-16-27(38)37-28(25-8-6-5-7-23(25)18-31(37,2)3)29(39)33-24-13-10-21(11-14-24)30(40)41/h5-17,19,28H,4,18H2,1-3H3,(H,33,39)(H,40,41)/b16-12+. The normalized spacial score (nSPS) is 15.9. The van der Waals surface area contributed by atoms with Gasteiger partial charge in [-0.25, -0.2) is 4.79 Å². The lowest BCUT2D eigenvalue weighted by Gasteiger charge is -2.47. The zero-order valence-electron chi connectivity index (χ0n) is 23.0. The smallest absolute Gasteiger partial charge is 0.335 e. The van der Waals surface area contributed by atoms with E-state index in [0.29, 0.717) is 12.1 Å². The number of aryl methyl sites for hydroxylation is 1. The Hall–Kier alpha value is -5.12. The van der Waals surface area contributed by atoms with Crippen molar-refractivity contribution in [3.63, 3.8) is 0 Å². The lowest BCUT2D eigenvalue weighted by atomic mass is 9.80. The Balaban J connectivity index is 1.51. The first-order valence-corrected chi connectivity index (χ1v) is 13.3. The minimum absolute atomic E-state index is 0.113. The lowest BCUT2D eigenvalue weighted by Crippen LogP contribution is -2.56. The molecule has 2 N–H and O–H groups in total. The molecule has 10 heteroatoms. The number of carboxylic acid groups (broad SMARTS) is 1. The zero-order valence-corrected chi connectivity index (χ0v) is 23.0. The molecule has 5 rings (SSSR count). The maximum Gasteiger partial charge on any atom is 0.335 e. The molecule has 1 atom stereocenters. The number of aromatic nitrogens is 4. The number of anilines is 1. The summed E-state index contributed by atoms with van der Waals surface area (Å²) >= 11 is 0. The summed E-state index contributed by atoms with van der Waals surface area (Å²) in [6, 6.07) is 18.5. The van der Waals surface area contributed by atoms with Gasteiger partial charge in [0, 0.05) is 22.9 Å². The first kappa shape index (κ1) is 27.4. The minimum Gasteiger partial charge on any atom is -0.478 e. The molecular formula is C31H30N6O4. The van der Waals surface area contributed by atoms with Gasteiger partial charge in [0.15, 0.2) is 0 Å². The van der Waals surface area contributed by atoms with Crippen LogP contribution in [-0.4, -0.2) is 53.5 Å². The van der Waals surface area contributed by atoms with Crippen molar-refractivity contribution in [1.82, 2.24) is 25.1 Å². The van der Waals surface area contributed by atoms with Crippen LogP contribution >= 0.6 is 0 Å². The molecule has 0 aliphatic carbocycles. The summed E-state index contributed by atoms with van der Waals surface area (Å²) in [5, 5.41) is 23.5. The Morgan fingerprint density at radius 2 is 1.83 bits per heavy atom. The fraction of sp³-hybridized carbons (Fsp3) is 0.226. The number of tetrazole rings is 1. The number of carboxylic acids is 1. The highest BCUT2D eigenvalue weighted by Crippen LogP contribution is 2.40. The average molecular weight is 551 g/mol. The molecule has 0 spiro atoms. The van der Waals surface area contributed by atoms with Gasteiger partial charge < -0.3 is 15.3 Å². The number of fused-ring (bicyclic) bond motifs is 1. The molecule has 2 amide bonds. The van der Waals surface area contributed by atoms with E-state index in [9.17, 15) is 19.5 Å². The molecule has 1 aromatic heterocycles. The van der Waals surface area contributed by atoms with E-state index in [-0.39, 0.29) is 11.5 Å². The largest absolute Gasteiger partial charge is 0.478 e. The lowest BCUT2D eigenvalue weighted by molar-refractivity contribution is -0.142. The van der Waals surface area contributed by atoms with Crippen molar-refractivity contribution >= 4 is 29.5 Å². The van der Waals surface area contributed by atoms with Crippen molar-refractivity contribution in [1.29, 1.82) is 0 Å². The second-order valence-electron chi connectivity index (χ2n) is 10.5. The van der Waals surface area contributed by atoms with Crippen molar-refractivity contribution in [3.05, 3.63) is 107 Å². The van der Waals surface area contributed by atoms with Gasteiger partial charge in [0.25, 0.3) is 5.91 Å². The molecule has 1 aliphatic rings. The molecule has 41 heavy (non-hydrogen) atoms. The number of nitrogens with zero attached hydrogens (tertiary/aromatic N) is 5. The number of hydrogen-bond donors (Lipinski definition) is 2. The van der Waals surface area contributed by atoms with Gasteiger partial charge in [0.2, 0.25) is 5.91 Å². The molecule has 1 aliphatic heterocycles. The number of benzene rings is 3. The van der Waals surface area contributed by atoms with E-state index in [1.807, 2.05) is 56.3 Å². The monoisotopic (exact) mass is 550 g/mol. The van der Waals surface area contributed by atoms with Gasteiger partial charge in [0.1, 0.15) is 12.4 Å². The van der Waals surface area contributed by atoms with Crippen LogP contribution in [0.2, 0.25) is 0 Å². The number of rotatable bonds is 7. The molecule has 0 fully saturated rings. The second kappa shape index (κ2) is 11.2. The van der Waals surface area contributed by atoms with Gasteiger partial charge in [-0.3, -0.25) is 9.59 Å². The van der Waals surface area contributed by atoms with Crippen LogP contribution in [0, 0.1) is 0 Å². The van der Waals surface area contributed by atoms with Crippen molar-refractivity contribution < 1.29 is 19.5 Å². The highest BCUT2D eigenvalue weighted by molar-refractivity contribution is 6.02. The number of carbonyl (C=O) groups is 3. The second-order valence-corrected chi connectivity index (χ2v) is 10.5. The topological polar surface area (TPSA) is 130 Å². The number of amides is 2. The van der Waals surface area contributed by atoms with Gasteiger partial charge in [-0.15, -0.1) is 5.10 Å². The average Bonchev–Trinajstić information content (AvgIpc) is 3.49. The van der Waals surface area contributed by atoms with Crippen LogP contribution in [0.5, 0.6) is 0 Å². The van der Waals surface area contributed by atoms with Crippen LogP contribution in [0.15, 0.2) is 79.1 Å². The quantitative estimate of drug-likeness (QED) is 0.325. The van der Waals surface area contributed by atoms with E-state index in [1.165, 1.54) is 41.4 Å². The van der Waals surface area contributed by atoms with Gasteiger partial charge in [-0.2, -0.15) is 4.68 Å². The zero-order chi connectivity index (χ0) is 29.1. The maximum atomic E-state index is 14.0. The number of nitrogens with one attached hydrogen (secondary N) is 1. The molecule has 0 saturated carbocycles. The maximum absolute atomic E-state index is 14.0. The van der Waals surface area contributed by atoms with Crippen molar-refractivity contribution in [2.45, 2.75) is 45.2 Å². The Bertz CT molecular complexity index is 1630. The van der Waals surface area contributed by atoms with Crippen molar-refractivity contribution in [3.8, 4) is 5.69 Å². The highest BCUT2D eigenvalue weighted by atomic mass is 16.4. The van der Waals surface area contributed by atoms with Gasteiger partial charge in [-0.1, -0.05) is 37.3 Å². The van der Waals surface area contributed by atoms with E-state index >= 15 is 0 Å². The number of aromatic carboxylic acids is 1. The van der Waals surface area contributed by atoms with E-state index in [4.69, 9.17) is 0 Å². The predicted octanol–water partition coefficient (Wildman–Crippen LogP) is 4.48. The number of carbonyl (C=O) groups excluding carboxylic acids is 2. The SMILES string of the molecule is CCc1ccc(-n2cnnn2)c(/C=C/C(=O)N2C(C(=O)Nc3ccc(C(=O)O)cc3)c3ccccc3CC2(C)C)c1. The van der Waals surface area contributed by atoms with Crippen molar-refractivity contribution in [2.24, 2.45) is 0 Å². The molecule has 0 bridgehead atoms. The van der Waals surface area contributed by atoms with Crippen LogP contribution in [0.3, 0.4) is 0 Å². The third kappa shape index (κ3) is 5.62. The first-order chi connectivity index (χ1) is 19.7. The fourth-order valence-electron chi connectivity index (χ4n) is 5.27. The third-order valence-electron chi connectivity index (χ3n) is 7.27. The summed E-state index contributed by atoms with van der Waals surface area (Å²) in [6.07, 6.45) is 6.10. The summed E-state index contributed by atoms with van der Waals surface area (Å²) in [5.41, 5.74) is 4.17. The van der Waals surface area contributed by atoms with Crippen molar-refractivity contribution in [2.75, 3.05) is 5.32 Å². The van der Waals surface area contributed by atoms with E-state index in [0.717, 1.165) is 34.4 Å². The molecule has 1 unspecified atom stereocenters. The van der Waals surface area contributed by atoms with Crippen LogP contribution in [-0.2, 0) is 22.4 Å². The third-order valence-corrected chi connectivity index (χ3v) is 7.27. The Kier molecular flexibility index (Phi) is 7.47. The molecule has 10 nitrogen and oxygen atoms in total. The fourth-order valence-corrected chi connectivity index (χ4v) is 5.27. The van der Waals surface area contributed by atoms with Gasteiger partial charge >= 0.3 is 5.97 Å². The molecule has 0 saturated heterocycles. The summed E-state index contributed by atoms with van der Waals surface area (Å²) in [5.74, 6) is -1.77. The molecule has 208 valence electrons. The highest BCUT2D eigenvalue weighted by Gasteiger charge is 2.45. The predicted molar refractivity (Wildman–Crippen MR) is 153 cm³/mol. The van der Waals surface area contributed by atoms with Crippen LogP contribution in [0.4, 0.5) is 5.69 Å². The van der Waals surface area contributed by atoms with Crippen LogP contribution in [0.1, 0.15) is 59.4 Å². The Morgan fingerprint density at radius 1 is 1.07 bits per heavy atom. The summed E-state index contributed by atoms with van der Waals surface area (Å²) in [6.45, 7) is 5.94. The molecule has 4 aromatic rings. The van der Waals surface area contributed by atoms with Crippen LogP contribution in [0.25, 0.3) is 11.8 Å². The van der Waals surface area contributed by atoms with Gasteiger partial charge in [-0.05, 0) is 96.3 Å². The summed E-state index contributed by atoms with van der Waals surface area (Å²) in [4.78, 5) is 40.7. The minimum atomic E-state index is -1.05. The number of hydrogen-bond acceptors (Lipinski definition) is 6. The summed E-state index contributed by atoms with van der Waals surface area (Å²) < 4.78 is 1.54. The molecule has 2 heterocycles. The van der Waals surface area contributed by atoms with Crippen LogP contribution < -0.4 is 5.32 Å². The Morgan fingerprint density at radius 3 is 2.51 bits per heavy atom. The first-order valence-electron chi connectivity index (χ1n) is 13.3. The molecule has 3 aromatic carbocycles. The van der Waals surface area contributed by atoms with E-state index < -0.39 is 23.5 Å². The molecule has 0 radical (unpaired) electrons. The van der Waals surface area contributed by atoms with E-state index in [1.54, 1.807) is 11.0 Å². The Labute approximate surface area is 237 Å². The summed E-state index contributed by atoms with van der Waals surface area (Å²) in [7, 11) is 0.